The number of likely N-dealkylation sites (N-methyl/N-ethyl adjacent to an activating group) is 1. The maximum Gasteiger partial charge on any atom is 0.225 e. The van der Waals surface area contributed by atoms with Gasteiger partial charge in [-0.3, -0.25) is 4.79 Å². The zero-order valence-electron chi connectivity index (χ0n) is 11.3. The molecule has 0 spiro atoms. The molecule has 2 aliphatic rings. The van der Waals surface area contributed by atoms with Gasteiger partial charge in [-0.1, -0.05) is 12.8 Å². The van der Waals surface area contributed by atoms with Gasteiger partial charge >= 0.3 is 0 Å². The largest absolute Gasteiger partial charge is 0.391 e. The molecule has 1 amide bonds. The van der Waals surface area contributed by atoms with E-state index < -0.39 is 0 Å². The van der Waals surface area contributed by atoms with E-state index in [1.165, 1.54) is 0 Å². The molecule has 1 N–H and O–H groups in total. The summed E-state index contributed by atoms with van der Waals surface area (Å²) in [6.07, 6.45) is 7.42. The Bertz CT molecular complexity index is 276. The van der Waals surface area contributed by atoms with Gasteiger partial charge in [-0.25, -0.2) is 0 Å². The molecular weight excluding hydrogens is 230 g/mol. The van der Waals surface area contributed by atoms with Crippen molar-refractivity contribution in [3.63, 3.8) is 0 Å². The summed E-state index contributed by atoms with van der Waals surface area (Å²) in [7, 11) is 1.82. The van der Waals surface area contributed by atoms with E-state index >= 15 is 0 Å². The van der Waals surface area contributed by atoms with E-state index in [0.29, 0.717) is 6.42 Å². The van der Waals surface area contributed by atoms with Gasteiger partial charge in [0.2, 0.25) is 5.91 Å². The normalized spacial score (nSPS) is 33.1. The molecule has 0 radical (unpaired) electrons. The molecule has 1 saturated carbocycles. The highest BCUT2D eigenvalue weighted by molar-refractivity contribution is 5.76. The number of rotatable bonds is 3. The predicted octanol–water partition coefficient (Wildman–Crippen LogP) is 1.71. The number of aliphatic hydroxyl groups excluding tert-OH is 1. The Hall–Kier alpha value is -0.610. The highest BCUT2D eigenvalue weighted by Gasteiger charge is 2.30. The first-order chi connectivity index (χ1) is 8.68. The van der Waals surface area contributed by atoms with Crippen LogP contribution in [0.3, 0.4) is 0 Å². The Morgan fingerprint density at radius 1 is 1.22 bits per heavy atom. The first kappa shape index (κ1) is 13.8. The van der Waals surface area contributed by atoms with Crippen LogP contribution in [0.25, 0.3) is 0 Å². The number of ether oxygens (including phenoxy) is 1. The minimum atomic E-state index is -0.347. The average Bonchev–Trinajstić information content (AvgIpc) is 2.39. The van der Waals surface area contributed by atoms with Gasteiger partial charge in [0, 0.05) is 13.7 Å². The Morgan fingerprint density at radius 3 is 2.61 bits per heavy atom. The zero-order chi connectivity index (χ0) is 13.0. The summed E-state index contributed by atoms with van der Waals surface area (Å²) in [5, 5.41) is 9.97. The standard InChI is InChI=1S/C14H25NO3/c1-15(12-7-2-3-8-13(12)16)14(17)10-11-6-4-5-9-18-11/h11-13,16H,2-10H2,1H3. The fourth-order valence-electron chi connectivity index (χ4n) is 3.04. The lowest BCUT2D eigenvalue weighted by atomic mass is 9.91. The second kappa shape index (κ2) is 6.53. The third kappa shape index (κ3) is 3.45. The molecule has 18 heavy (non-hydrogen) atoms. The molecule has 4 heteroatoms. The van der Waals surface area contributed by atoms with Gasteiger partial charge in [-0.15, -0.1) is 0 Å². The van der Waals surface area contributed by atoms with Gasteiger partial charge in [0.1, 0.15) is 0 Å². The molecule has 0 aromatic heterocycles. The lowest BCUT2D eigenvalue weighted by molar-refractivity contribution is -0.139. The first-order valence-corrected chi connectivity index (χ1v) is 7.24. The highest BCUT2D eigenvalue weighted by Crippen LogP contribution is 2.24. The predicted molar refractivity (Wildman–Crippen MR) is 69.2 cm³/mol. The van der Waals surface area contributed by atoms with Crippen LogP contribution in [-0.4, -0.2) is 47.8 Å². The Labute approximate surface area is 109 Å². The Kier molecular flexibility index (Phi) is 5.01. The van der Waals surface area contributed by atoms with E-state index in [4.69, 9.17) is 4.74 Å². The summed E-state index contributed by atoms with van der Waals surface area (Å²) >= 11 is 0. The Balaban J connectivity index is 1.83. The molecule has 4 nitrogen and oxygen atoms in total. The van der Waals surface area contributed by atoms with E-state index in [9.17, 15) is 9.90 Å². The van der Waals surface area contributed by atoms with Crippen LogP contribution in [0.1, 0.15) is 51.4 Å². The molecular formula is C14H25NO3. The molecule has 2 fully saturated rings. The maximum absolute atomic E-state index is 12.2. The van der Waals surface area contributed by atoms with Gasteiger partial charge in [0.05, 0.1) is 24.7 Å². The van der Waals surface area contributed by atoms with Crippen molar-refractivity contribution in [2.45, 2.75) is 69.6 Å². The summed E-state index contributed by atoms with van der Waals surface area (Å²) in [6.45, 7) is 0.785. The third-order valence-electron chi connectivity index (χ3n) is 4.26. The van der Waals surface area contributed by atoms with Crippen molar-refractivity contribution in [1.82, 2.24) is 4.90 Å². The molecule has 0 aromatic carbocycles. The first-order valence-electron chi connectivity index (χ1n) is 7.24. The topological polar surface area (TPSA) is 49.8 Å². The number of hydrogen-bond acceptors (Lipinski definition) is 3. The lowest BCUT2D eigenvalue weighted by Crippen LogP contribution is -2.47. The molecule has 1 aliphatic carbocycles. The molecule has 104 valence electrons. The summed E-state index contributed by atoms with van der Waals surface area (Å²) in [4.78, 5) is 13.9. The van der Waals surface area contributed by atoms with Gasteiger partial charge in [0.15, 0.2) is 0 Å². The summed E-state index contributed by atoms with van der Waals surface area (Å²) < 4.78 is 5.60. The van der Waals surface area contributed by atoms with Crippen molar-refractivity contribution in [2.75, 3.05) is 13.7 Å². The van der Waals surface area contributed by atoms with Crippen LogP contribution in [0.2, 0.25) is 0 Å². The molecule has 2 rings (SSSR count). The van der Waals surface area contributed by atoms with Crippen molar-refractivity contribution >= 4 is 5.91 Å². The van der Waals surface area contributed by atoms with Crippen LogP contribution in [0, 0.1) is 0 Å². The minimum Gasteiger partial charge on any atom is -0.391 e. The second-order valence-corrected chi connectivity index (χ2v) is 5.62. The number of carbonyl (C=O) groups is 1. The number of aliphatic hydroxyl groups is 1. The number of carbonyl (C=O) groups excluding carboxylic acids is 1. The third-order valence-corrected chi connectivity index (χ3v) is 4.26. The van der Waals surface area contributed by atoms with Gasteiger partial charge in [-0.05, 0) is 32.1 Å². The highest BCUT2D eigenvalue weighted by atomic mass is 16.5. The van der Waals surface area contributed by atoms with E-state index in [1.54, 1.807) is 4.90 Å². The van der Waals surface area contributed by atoms with Gasteiger partial charge < -0.3 is 14.7 Å². The van der Waals surface area contributed by atoms with Gasteiger partial charge in [-0.2, -0.15) is 0 Å². The quantitative estimate of drug-likeness (QED) is 0.835. The molecule has 1 heterocycles. The van der Waals surface area contributed by atoms with E-state index in [0.717, 1.165) is 51.6 Å². The van der Waals surface area contributed by atoms with Crippen molar-refractivity contribution < 1.29 is 14.6 Å². The van der Waals surface area contributed by atoms with Crippen LogP contribution in [0.4, 0.5) is 0 Å². The van der Waals surface area contributed by atoms with E-state index in [1.807, 2.05) is 7.05 Å². The zero-order valence-corrected chi connectivity index (χ0v) is 11.3. The summed E-state index contributed by atoms with van der Waals surface area (Å²) in [5.74, 6) is 0.118. The van der Waals surface area contributed by atoms with Crippen molar-refractivity contribution in [3.05, 3.63) is 0 Å². The smallest absolute Gasteiger partial charge is 0.225 e. The number of hydrogen-bond donors (Lipinski definition) is 1. The number of amides is 1. The molecule has 3 atom stereocenters. The summed E-state index contributed by atoms with van der Waals surface area (Å²) in [6, 6.07) is 0.00911. The van der Waals surface area contributed by atoms with E-state index in [-0.39, 0.29) is 24.2 Å². The van der Waals surface area contributed by atoms with Crippen LogP contribution in [0.5, 0.6) is 0 Å². The SMILES string of the molecule is CN(C(=O)CC1CCCCO1)C1CCCCC1O. The van der Waals surface area contributed by atoms with Crippen molar-refractivity contribution in [3.8, 4) is 0 Å². The van der Waals surface area contributed by atoms with Crippen molar-refractivity contribution in [2.24, 2.45) is 0 Å². The molecule has 0 bridgehead atoms. The Morgan fingerprint density at radius 2 is 1.94 bits per heavy atom. The maximum atomic E-state index is 12.2. The molecule has 1 aliphatic heterocycles. The number of nitrogens with zero attached hydrogens (tertiary/aromatic N) is 1. The van der Waals surface area contributed by atoms with Crippen LogP contribution >= 0.6 is 0 Å². The van der Waals surface area contributed by atoms with Crippen LogP contribution < -0.4 is 0 Å². The van der Waals surface area contributed by atoms with Crippen LogP contribution in [0.15, 0.2) is 0 Å². The van der Waals surface area contributed by atoms with E-state index in [2.05, 4.69) is 0 Å². The molecule has 0 aromatic rings. The minimum absolute atomic E-state index is 0.00911. The van der Waals surface area contributed by atoms with Gasteiger partial charge in [0.25, 0.3) is 0 Å². The monoisotopic (exact) mass is 255 g/mol. The lowest BCUT2D eigenvalue weighted by Gasteiger charge is -2.36. The average molecular weight is 255 g/mol. The molecule has 3 unspecified atom stereocenters. The van der Waals surface area contributed by atoms with Crippen molar-refractivity contribution in [1.29, 1.82) is 0 Å². The fourth-order valence-corrected chi connectivity index (χ4v) is 3.04. The summed E-state index contributed by atoms with van der Waals surface area (Å²) in [5.41, 5.74) is 0. The molecule has 1 saturated heterocycles. The second-order valence-electron chi connectivity index (χ2n) is 5.62. The fraction of sp³-hybridized carbons (Fsp3) is 0.929. The van der Waals surface area contributed by atoms with Crippen LogP contribution in [-0.2, 0) is 9.53 Å².